The van der Waals surface area contributed by atoms with Crippen molar-refractivity contribution in [3.05, 3.63) is 57.3 Å². The van der Waals surface area contributed by atoms with Gasteiger partial charge in [0.1, 0.15) is 5.82 Å². The first kappa shape index (κ1) is 21.3. The molecule has 2 aromatic carbocycles. The average Bonchev–Trinajstić information content (AvgIpc) is 2.58. The van der Waals surface area contributed by atoms with Gasteiger partial charge in [0.25, 0.3) is 0 Å². The van der Waals surface area contributed by atoms with Crippen LogP contribution in [0.2, 0.25) is 10.0 Å². The lowest BCUT2D eigenvalue weighted by Gasteiger charge is -2.15. The molecule has 146 valence electrons. The molecule has 2 rings (SSSR count). The minimum absolute atomic E-state index is 0.0219. The second kappa shape index (κ2) is 8.77. The van der Waals surface area contributed by atoms with E-state index in [1.54, 1.807) is 0 Å². The molecule has 0 bridgehead atoms. The van der Waals surface area contributed by atoms with E-state index >= 15 is 0 Å². The zero-order chi connectivity index (χ0) is 20.2. The number of anilines is 2. The molecule has 0 unspecified atom stereocenters. The molecule has 0 saturated heterocycles. The first-order valence-corrected chi connectivity index (χ1v) is 8.36. The number of halogens is 6. The maximum absolute atomic E-state index is 13.9. The molecule has 2 aromatic rings. The van der Waals surface area contributed by atoms with Gasteiger partial charge in [0.2, 0.25) is 5.91 Å². The average molecular weight is 425 g/mol. The molecule has 0 radical (unpaired) electrons. The zero-order valence-electron chi connectivity index (χ0n) is 13.6. The van der Waals surface area contributed by atoms with E-state index in [1.807, 2.05) is 0 Å². The van der Waals surface area contributed by atoms with Crippen LogP contribution in [0.4, 0.5) is 28.9 Å². The molecule has 1 amide bonds. The van der Waals surface area contributed by atoms with Crippen molar-refractivity contribution in [2.45, 2.75) is 12.6 Å². The Morgan fingerprint density at radius 1 is 1.11 bits per heavy atom. The molecule has 0 aromatic heterocycles. The van der Waals surface area contributed by atoms with E-state index in [4.69, 9.17) is 28.3 Å². The van der Waals surface area contributed by atoms with Gasteiger partial charge >= 0.3 is 6.18 Å². The molecular formula is C17H14Cl2F4N2O2. The van der Waals surface area contributed by atoms with Gasteiger partial charge in [-0.15, -0.1) is 0 Å². The van der Waals surface area contributed by atoms with Crippen molar-refractivity contribution in [1.29, 1.82) is 0 Å². The first-order valence-electron chi connectivity index (χ1n) is 7.61. The van der Waals surface area contributed by atoms with Gasteiger partial charge in [0.05, 0.1) is 34.3 Å². The van der Waals surface area contributed by atoms with Crippen molar-refractivity contribution in [2.75, 3.05) is 18.5 Å². The number of benzene rings is 2. The highest BCUT2D eigenvalue weighted by molar-refractivity contribution is 6.39. The number of alkyl halides is 3. The van der Waals surface area contributed by atoms with Crippen LogP contribution in [0.25, 0.3) is 0 Å². The standard InChI is InChI=1S/C17H14Cl2F4N2O2/c18-12-7-10(17(21,22)23)8-13(19)16(12)25-11-1-2-14(20)9(5-11)6-15(27)24-3-4-26/h1-2,5,7-8,25-26H,3-4,6H2,(H,24,27). The summed E-state index contributed by atoms with van der Waals surface area (Å²) < 4.78 is 52.2. The third-order valence-corrected chi connectivity index (χ3v) is 4.07. The van der Waals surface area contributed by atoms with Crippen molar-refractivity contribution in [3.8, 4) is 0 Å². The summed E-state index contributed by atoms with van der Waals surface area (Å²) in [6, 6.07) is 5.20. The monoisotopic (exact) mass is 424 g/mol. The highest BCUT2D eigenvalue weighted by atomic mass is 35.5. The SMILES string of the molecule is O=C(Cc1cc(Nc2c(Cl)cc(C(F)(F)F)cc2Cl)ccc1F)NCCO. The number of hydrogen-bond acceptors (Lipinski definition) is 3. The van der Waals surface area contributed by atoms with Gasteiger partial charge in [-0.2, -0.15) is 13.2 Å². The largest absolute Gasteiger partial charge is 0.416 e. The van der Waals surface area contributed by atoms with Gasteiger partial charge in [0.15, 0.2) is 0 Å². The summed E-state index contributed by atoms with van der Waals surface area (Å²) in [6.45, 7) is -0.212. The molecular weight excluding hydrogens is 411 g/mol. The van der Waals surface area contributed by atoms with Crippen LogP contribution < -0.4 is 10.6 Å². The van der Waals surface area contributed by atoms with E-state index < -0.39 is 23.5 Å². The quantitative estimate of drug-likeness (QED) is 0.596. The number of carbonyl (C=O) groups excluding carboxylic acids is 1. The maximum atomic E-state index is 13.9. The van der Waals surface area contributed by atoms with E-state index in [2.05, 4.69) is 10.6 Å². The normalized spacial score (nSPS) is 11.4. The number of carbonyl (C=O) groups is 1. The van der Waals surface area contributed by atoms with E-state index in [-0.39, 0.29) is 46.6 Å². The number of amides is 1. The van der Waals surface area contributed by atoms with Crippen LogP contribution in [-0.2, 0) is 17.4 Å². The molecule has 10 heteroatoms. The topological polar surface area (TPSA) is 61.4 Å². The Bertz CT molecular complexity index is 821. The second-order valence-electron chi connectivity index (χ2n) is 5.49. The molecule has 0 heterocycles. The Balaban J connectivity index is 2.25. The van der Waals surface area contributed by atoms with Crippen molar-refractivity contribution in [1.82, 2.24) is 5.32 Å². The smallest absolute Gasteiger partial charge is 0.395 e. The van der Waals surface area contributed by atoms with Gasteiger partial charge in [0, 0.05) is 12.2 Å². The summed E-state index contributed by atoms with van der Waals surface area (Å²) in [7, 11) is 0. The molecule has 3 N–H and O–H groups in total. The Kier molecular flexibility index (Phi) is 6.91. The lowest BCUT2D eigenvalue weighted by molar-refractivity contribution is -0.137. The van der Waals surface area contributed by atoms with Crippen LogP contribution in [-0.4, -0.2) is 24.2 Å². The lowest BCUT2D eigenvalue weighted by Crippen LogP contribution is -2.28. The fraction of sp³-hybridized carbons (Fsp3) is 0.235. The van der Waals surface area contributed by atoms with Gasteiger partial charge < -0.3 is 15.7 Å². The number of nitrogens with one attached hydrogen (secondary N) is 2. The molecule has 0 spiro atoms. The molecule has 0 aliphatic heterocycles. The summed E-state index contributed by atoms with van der Waals surface area (Å²) in [6.07, 6.45) is -4.88. The zero-order valence-corrected chi connectivity index (χ0v) is 15.1. The summed E-state index contributed by atoms with van der Waals surface area (Å²) in [4.78, 5) is 11.7. The summed E-state index contributed by atoms with van der Waals surface area (Å²) in [5, 5.41) is 13.3. The molecule has 0 aliphatic rings. The van der Waals surface area contributed by atoms with Crippen LogP contribution in [0.1, 0.15) is 11.1 Å². The molecule has 0 atom stereocenters. The fourth-order valence-corrected chi connectivity index (χ4v) is 2.80. The minimum Gasteiger partial charge on any atom is -0.395 e. The Hall–Kier alpha value is -2.03. The van der Waals surface area contributed by atoms with Gasteiger partial charge in [-0.3, -0.25) is 4.79 Å². The van der Waals surface area contributed by atoms with Gasteiger partial charge in [-0.1, -0.05) is 23.2 Å². The fourth-order valence-electron chi connectivity index (χ4n) is 2.22. The molecule has 0 aliphatic carbocycles. The van der Waals surface area contributed by atoms with Crippen molar-refractivity contribution in [2.24, 2.45) is 0 Å². The summed E-state index contributed by atoms with van der Waals surface area (Å²) in [5.74, 6) is -1.13. The minimum atomic E-state index is -4.60. The predicted molar refractivity (Wildman–Crippen MR) is 94.9 cm³/mol. The van der Waals surface area contributed by atoms with Crippen LogP contribution in [0.5, 0.6) is 0 Å². The third kappa shape index (κ3) is 5.72. The first-order chi connectivity index (χ1) is 12.6. The lowest BCUT2D eigenvalue weighted by atomic mass is 10.1. The van der Waals surface area contributed by atoms with Gasteiger partial charge in [-0.25, -0.2) is 4.39 Å². The van der Waals surface area contributed by atoms with Crippen LogP contribution >= 0.6 is 23.2 Å². The number of hydrogen-bond donors (Lipinski definition) is 3. The Labute approximate surface area is 162 Å². The van der Waals surface area contributed by atoms with E-state index in [1.165, 1.54) is 12.1 Å². The van der Waals surface area contributed by atoms with Crippen molar-refractivity contribution >= 4 is 40.5 Å². The Morgan fingerprint density at radius 3 is 2.30 bits per heavy atom. The van der Waals surface area contributed by atoms with E-state index in [0.29, 0.717) is 0 Å². The number of aliphatic hydroxyl groups is 1. The molecule has 0 fully saturated rings. The van der Waals surface area contributed by atoms with Crippen molar-refractivity contribution < 1.29 is 27.5 Å². The molecule has 0 saturated carbocycles. The van der Waals surface area contributed by atoms with E-state index in [0.717, 1.165) is 18.2 Å². The third-order valence-electron chi connectivity index (χ3n) is 3.47. The summed E-state index contributed by atoms with van der Waals surface area (Å²) >= 11 is 11.8. The van der Waals surface area contributed by atoms with E-state index in [9.17, 15) is 22.4 Å². The molecule has 27 heavy (non-hydrogen) atoms. The predicted octanol–water partition coefficient (Wildman–Crippen LogP) is 4.55. The van der Waals surface area contributed by atoms with Gasteiger partial charge in [-0.05, 0) is 35.9 Å². The van der Waals surface area contributed by atoms with Crippen LogP contribution in [0, 0.1) is 5.82 Å². The maximum Gasteiger partial charge on any atom is 0.416 e. The molecule has 4 nitrogen and oxygen atoms in total. The Morgan fingerprint density at radius 2 is 1.74 bits per heavy atom. The highest BCUT2D eigenvalue weighted by Crippen LogP contribution is 2.39. The number of rotatable bonds is 6. The summed E-state index contributed by atoms with van der Waals surface area (Å²) in [5.41, 5.74) is -0.642. The van der Waals surface area contributed by atoms with Crippen LogP contribution in [0.15, 0.2) is 30.3 Å². The van der Waals surface area contributed by atoms with Crippen molar-refractivity contribution in [3.63, 3.8) is 0 Å². The highest BCUT2D eigenvalue weighted by Gasteiger charge is 2.32. The van der Waals surface area contributed by atoms with Crippen LogP contribution in [0.3, 0.4) is 0 Å². The number of aliphatic hydroxyl groups excluding tert-OH is 1. The second-order valence-corrected chi connectivity index (χ2v) is 6.31.